The Morgan fingerprint density at radius 3 is 2.79 bits per heavy atom. The smallest absolute Gasteiger partial charge is 0.114 e. The summed E-state index contributed by atoms with van der Waals surface area (Å²) in [5.41, 5.74) is 5.60. The summed E-state index contributed by atoms with van der Waals surface area (Å²) in [5.74, 6) is 0. The van der Waals surface area contributed by atoms with Crippen LogP contribution in [0.4, 0.5) is 5.69 Å². The molecule has 0 bridgehead atoms. The first-order valence-electron chi connectivity index (χ1n) is 4.67. The number of rotatable bonds is 1. The van der Waals surface area contributed by atoms with Gasteiger partial charge in [-0.15, -0.1) is 0 Å². The van der Waals surface area contributed by atoms with E-state index in [2.05, 4.69) is 51.9 Å². The Hall–Kier alpha value is -1.90. The van der Waals surface area contributed by atoms with E-state index >= 15 is 0 Å². The van der Waals surface area contributed by atoms with Gasteiger partial charge in [0.15, 0.2) is 0 Å². The number of hydrogen-bond acceptors (Lipinski definition) is 3. The van der Waals surface area contributed by atoms with Crippen LogP contribution in [-0.2, 0) is 0 Å². The maximum Gasteiger partial charge on any atom is 0.114 e. The Labute approximate surface area is 82.9 Å². The molecule has 2 aliphatic rings. The second-order valence-electron chi connectivity index (χ2n) is 3.39. The molecule has 0 unspecified atom stereocenters. The molecule has 0 aromatic heterocycles. The van der Waals surface area contributed by atoms with Gasteiger partial charge in [0.1, 0.15) is 6.67 Å². The molecule has 0 saturated carbocycles. The molecular weight excluding hydrogens is 174 g/mol. The Morgan fingerprint density at radius 2 is 2.00 bits per heavy atom. The Bertz CT molecular complexity index is 394. The summed E-state index contributed by atoms with van der Waals surface area (Å²) in [6.45, 7) is 0.867. The Kier molecular flexibility index (Phi) is 1.50. The quantitative estimate of drug-likeness (QED) is 0.717. The highest BCUT2D eigenvalue weighted by Crippen LogP contribution is 2.24. The van der Waals surface area contributed by atoms with Gasteiger partial charge in [0, 0.05) is 18.1 Å². The van der Waals surface area contributed by atoms with Crippen molar-refractivity contribution in [2.24, 2.45) is 0 Å². The molecule has 70 valence electrons. The summed E-state index contributed by atoms with van der Waals surface area (Å²) in [5, 5.41) is 2.10. The largest absolute Gasteiger partial charge is 0.326 e. The normalized spacial score (nSPS) is 18.1. The van der Waals surface area contributed by atoms with Crippen molar-refractivity contribution < 1.29 is 0 Å². The number of benzene rings is 1. The van der Waals surface area contributed by atoms with Gasteiger partial charge in [0.05, 0.1) is 5.70 Å². The molecule has 2 aliphatic heterocycles. The zero-order valence-electron chi connectivity index (χ0n) is 7.72. The van der Waals surface area contributed by atoms with E-state index < -0.39 is 0 Å². The van der Waals surface area contributed by atoms with Crippen LogP contribution in [0.1, 0.15) is 0 Å². The monoisotopic (exact) mass is 185 g/mol. The third-order valence-corrected chi connectivity index (χ3v) is 2.47. The molecule has 0 spiro atoms. The minimum atomic E-state index is 0.867. The number of hydrazine groups is 1. The summed E-state index contributed by atoms with van der Waals surface area (Å²) < 4.78 is 0. The van der Waals surface area contributed by atoms with Crippen molar-refractivity contribution in [2.75, 3.05) is 11.6 Å². The predicted molar refractivity (Wildman–Crippen MR) is 56.0 cm³/mol. The lowest BCUT2D eigenvalue weighted by molar-refractivity contribution is 0.342. The Morgan fingerprint density at radius 1 is 1.14 bits per heavy atom. The molecule has 0 atom stereocenters. The van der Waals surface area contributed by atoms with Crippen LogP contribution < -0.4 is 10.3 Å². The molecule has 1 aromatic rings. The molecule has 1 N–H and O–H groups in total. The highest BCUT2D eigenvalue weighted by molar-refractivity contribution is 5.52. The van der Waals surface area contributed by atoms with Crippen molar-refractivity contribution in [3.8, 4) is 0 Å². The third kappa shape index (κ3) is 1.06. The number of fused-ring (bicyclic) bond motifs is 1. The second kappa shape index (κ2) is 2.80. The van der Waals surface area contributed by atoms with Gasteiger partial charge < -0.3 is 10.3 Å². The van der Waals surface area contributed by atoms with E-state index in [1.165, 1.54) is 11.4 Å². The minimum absolute atomic E-state index is 0.867. The summed E-state index contributed by atoms with van der Waals surface area (Å²) in [6, 6.07) is 10.4. The van der Waals surface area contributed by atoms with Crippen molar-refractivity contribution in [3.63, 3.8) is 0 Å². The number of nitrogens with one attached hydrogen (secondary N) is 1. The number of para-hydroxylation sites is 1. The molecule has 0 fully saturated rings. The van der Waals surface area contributed by atoms with E-state index in [9.17, 15) is 0 Å². The fourth-order valence-electron chi connectivity index (χ4n) is 1.74. The average Bonchev–Trinajstić information content (AvgIpc) is 2.78. The van der Waals surface area contributed by atoms with Crippen LogP contribution in [0.3, 0.4) is 0 Å². The van der Waals surface area contributed by atoms with Gasteiger partial charge in [-0.25, -0.2) is 0 Å². The lowest BCUT2D eigenvalue weighted by Gasteiger charge is -2.19. The molecular formula is C11H11N3. The maximum absolute atomic E-state index is 3.16. The molecule has 1 aromatic carbocycles. The summed E-state index contributed by atoms with van der Waals surface area (Å²) in [7, 11) is 0. The van der Waals surface area contributed by atoms with Gasteiger partial charge in [0.25, 0.3) is 0 Å². The fourth-order valence-corrected chi connectivity index (χ4v) is 1.74. The molecule has 0 aliphatic carbocycles. The molecule has 0 saturated heterocycles. The Balaban J connectivity index is 1.90. The van der Waals surface area contributed by atoms with Gasteiger partial charge in [0.2, 0.25) is 0 Å². The molecule has 3 heteroatoms. The zero-order valence-corrected chi connectivity index (χ0v) is 7.72. The van der Waals surface area contributed by atoms with Gasteiger partial charge in [-0.2, -0.15) is 0 Å². The van der Waals surface area contributed by atoms with Crippen molar-refractivity contribution in [3.05, 3.63) is 54.5 Å². The molecule has 14 heavy (non-hydrogen) atoms. The van der Waals surface area contributed by atoms with Crippen LogP contribution in [0.5, 0.6) is 0 Å². The highest BCUT2D eigenvalue weighted by atomic mass is 15.6. The zero-order chi connectivity index (χ0) is 9.38. The SMILES string of the molecule is C1=CC2=CN(c3ccccc3)CN2N1. The second-order valence-corrected chi connectivity index (χ2v) is 3.39. The summed E-state index contributed by atoms with van der Waals surface area (Å²) in [6.07, 6.45) is 6.17. The predicted octanol–water partition coefficient (Wildman–Crippen LogP) is 1.64. The highest BCUT2D eigenvalue weighted by Gasteiger charge is 2.21. The van der Waals surface area contributed by atoms with Crippen LogP contribution in [-0.4, -0.2) is 11.7 Å². The lowest BCUT2D eigenvalue weighted by Crippen LogP contribution is -2.32. The molecule has 0 radical (unpaired) electrons. The first kappa shape index (κ1) is 7.50. The maximum atomic E-state index is 3.16. The van der Waals surface area contributed by atoms with E-state index in [0.29, 0.717) is 0 Å². The van der Waals surface area contributed by atoms with Crippen LogP contribution >= 0.6 is 0 Å². The molecule has 3 rings (SSSR count). The first-order chi connectivity index (χ1) is 6.93. The summed E-state index contributed by atoms with van der Waals surface area (Å²) in [4.78, 5) is 2.21. The van der Waals surface area contributed by atoms with E-state index in [1.54, 1.807) is 0 Å². The number of allylic oxidation sites excluding steroid dienone is 1. The fraction of sp³-hybridized carbons (Fsp3) is 0.0909. The molecule has 0 amide bonds. The van der Waals surface area contributed by atoms with Gasteiger partial charge in [-0.1, -0.05) is 18.2 Å². The van der Waals surface area contributed by atoms with Crippen molar-refractivity contribution in [2.45, 2.75) is 0 Å². The van der Waals surface area contributed by atoms with Crippen molar-refractivity contribution in [1.29, 1.82) is 0 Å². The number of nitrogens with zero attached hydrogens (tertiary/aromatic N) is 2. The van der Waals surface area contributed by atoms with Gasteiger partial charge in [-0.05, 0) is 18.2 Å². The summed E-state index contributed by atoms with van der Waals surface area (Å²) >= 11 is 0. The van der Waals surface area contributed by atoms with Crippen molar-refractivity contribution >= 4 is 5.69 Å². The van der Waals surface area contributed by atoms with Gasteiger partial charge >= 0.3 is 0 Å². The van der Waals surface area contributed by atoms with Crippen molar-refractivity contribution in [1.82, 2.24) is 10.4 Å². The van der Waals surface area contributed by atoms with Crippen LogP contribution in [0.2, 0.25) is 0 Å². The van der Waals surface area contributed by atoms with Crippen LogP contribution in [0.15, 0.2) is 54.5 Å². The number of anilines is 1. The van der Waals surface area contributed by atoms with Crippen LogP contribution in [0.25, 0.3) is 0 Å². The van der Waals surface area contributed by atoms with E-state index in [-0.39, 0.29) is 0 Å². The standard InChI is InChI=1S/C11H11N3/c1-2-4-10(5-3-1)13-8-11-6-7-12-14(11)9-13/h1-8,12H,9H2. The molecule has 2 heterocycles. The van der Waals surface area contributed by atoms with E-state index in [1.807, 2.05) is 12.3 Å². The first-order valence-corrected chi connectivity index (χ1v) is 4.67. The van der Waals surface area contributed by atoms with E-state index in [0.717, 1.165) is 6.67 Å². The third-order valence-electron chi connectivity index (χ3n) is 2.47. The lowest BCUT2D eigenvalue weighted by atomic mass is 10.3. The minimum Gasteiger partial charge on any atom is -0.326 e. The topological polar surface area (TPSA) is 18.5 Å². The average molecular weight is 185 g/mol. The van der Waals surface area contributed by atoms with Gasteiger partial charge in [-0.3, -0.25) is 5.01 Å². The molecule has 3 nitrogen and oxygen atoms in total. The van der Waals surface area contributed by atoms with Crippen LogP contribution in [0, 0.1) is 0 Å². The number of hydrogen-bond donors (Lipinski definition) is 1. The van der Waals surface area contributed by atoms with E-state index in [4.69, 9.17) is 0 Å².